The van der Waals surface area contributed by atoms with Gasteiger partial charge in [0.1, 0.15) is 5.82 Å². The summed E-state index contributed by atoms with van der Waals surface area (Å²) in [5.74, 6) is 0.827. The first kappa shape index (κ1) is 12.6. The van der Waals surface area contributed by atoms with Crippen LogP contribution in [0.25, 0.3) is 0 Å². The normalized spacial score (nSPS) is 17.8. The van der Waals surface area contributed by atoms with Crippen LogP contribution in [-0.4, -0.2) is 12.6 Å². The number of benzene rings is 1. The molecule has 2 heteroatoms. The lowest BCUT2D eigenvalue weighted by Crippen LogP contribution is -2.31. The van der Waals surface area contributed by atoms with Crippen molar-refractivity contribution in [3.8, 4) is 0 Å². The number of nitrogens with one attached hydrogen (secondary N) is 1. The third-order valence-corrected chi connectivity index (χ3v) is 3.70. The summed E-state index contributed by atoms with van der Waals surface area (Å²) in [7, 11) is 0. The highest BCUT2D eigenvalue weighted by atomic mass is 19.1. The van der Waals surface area contributed by atoms with E-state index in [9.17, 15) is 4.39 Å². The molecule has 0 radical (unpaired) electrons. The Labute approximate surface area is 103 Å². The van der Waals surface area contributed by atoms with Crippen LogP contribution in [0.5, 0.6) is 0 Å². The molecule has 0 bridgehead atoms. The summed E-state index contributed by atoms with van der Waals surface area (Å²) in [6.45, 7) is 3.27. The second kappa shape index (κ2) is 6.15. The van der Waals surface area contributed by atoms with Gasteiger partial charge in [0.2, 0.25) is 0 Å². The van der Waals surface area contributed by atoms with E-state index in [1.165, 1.54) is 31.7 Å². The van der Waals surface area contributed by atoms with Gasteiger partial charge in [0.15, 0.2) is 0 Å². The minimum absolute atomic E-state index is 0.135. The van der Waals surface area contributed by atoms with Crippen LogP contribution >= 0.6 is 0 Å². The van der Waals surface area contributed by atoms with Gasteiger partial charge in [-0.3, -0.25) is 0 Å². The van der Waals surface area contributed by atoms with E-state index < -0.39 is 0 Å². The van der Waals surface area contributed by atoms with Crippen LogP contribution in [0.15, 0.2) is 24.3 Å². The molecule has 1 unspecified atom stereocenters. The summed E-state index contributed by atoms with van der Waals surface area (Å²) < 4.78 is 13.0. The summed E-state index contributed by atoms with van der Waals surface area (Å²) in [6, 6.07) is 7.33. The molecule has 0 spiro atoms. The molecule has 1 aliphatic rings. The summed E-state index contributed by atoms with van der Waals surface area (Å²) in [5, 5.41) is 3.53. The van der Waals surface area contributed by atoms with Crippen molar-refractivity contribution >= 4 is 0 Å². The lowest BCUT2D eigenvalue weighted by Gasteiger charge is -2.26. The van der Waals surface area contributed by atoms with Crippen molar-refractivity contribution in [2.45, 2.75) is 45.1 Å². The number of halogens is 1. The van der Waals surface area contributed by atoms with Gasteiger partial charge < -0.3 is 5.32 Å². The largest absolute Gasteiger partial charge is 0.314 e. The number of hydrogen-bond acceptors (Lipinski definition) is 1. The molecule has 1 N–H and O–H groups in total. The molecular weight excluding hydrogens is 213 g/mol. The Bertz CT molecular complexity index is 347. The summed E-state index contributed by atoms with van der Waals surface area (Å²) in [4.78, 5) is 0. The van der Waals surface area contributed by atoms with Crippen LogP contribution < -0.4 is 5.32 Å². The highest BCUT2D eigenvalue weighted by Gasteiger charge is 2.16. The van der Waals surface area contributed by atoms with E-state index in [1.54, 1.807) is 12.1 Å². The molecule has 1 atom stereocenters. The zero-order valence-corrected chi connectivity index (χ0v) is 10.6. The van der Waals surface area contributed by atoms with E-state index >= 15 is 0 Å². The van der Waals surface area contributed by atoms with Crippen LogP contribution in [0, 0.1) is 11.7 Å². The minimum atomic E-state index is -0.135. The monoisotopic (exact) mass is 235 g/mol. The molecule has 17 heavy (non-hydrogen) atoms. The molecule has 1 fully saturated rings. The predicted octanol–water partition coefficient (Wildman–Crippen LogP) is 3.54. The SMILES string of the molecule is CC(Cc1cccc(F)c1)NCCC1CCC1. The Hall–Kier alpha value is -0.890. The van der Waals surface area contributed by atoms with Gasteiger partial charge in [-0.15, -0.1) is 0 Å². The van der Waals surface area contributed by atoms with Crippen molar-refractivity contribution in [1.29, 1.82) is 0 Å². The molecule has 1 aromatic rings. The first-order valence-electron chi connectivity index (χ1n) is 6.72. The third kappa shape index (κ3) is 4.12. The van der Waals surface area contributed by atoms with E-state index in [4.69, 9.17) is 0 Å². The quantitative estimate of drug-likeness (QED) is 0.795. The molecule has 0 saturated heterocycles. The van der Waals surface area contributed by atoms with Crippen LogP contribution in [0.4, 0.5) is 4.39 Å². The molecule has 0 heterocycles. The molecule has 1 nitrogen and oxygen atoms in total. The number of hydrogen-bond donors (Lipinski definition) is 1. The Morgan fingerprint density at radius 3 is 2.88 bits per heavy atom. The lowest BCUT2D eigenvalue weighted by atomic mass is 9.83. The van der Waals surface area contributed by atoms with Crippen LogP contribution in [0.1, 0.15) is 38.2 Å². The second-order valence-electron chi connectivity index (χ2n) is 5.27. The summed E-state index contributed by atoms with van der Waals surface area (Å²) in [6.07, 6.45) is 6.46. The van der Waals surface area contributed by atoms with Crippen LogP contribution in [0.3, 0.4) is 0 Å². The molecule has 0 aliphatic heterocycles. The van der Waals surface area contributed by atoms with Gasteiger partial charge in [-0.2, -0.15) is 0 Å². The molecule has 2 rings (SSSR count). The molecule has 0 amide bonds. The average molecular weight is 235 g/mol. The predicted molar refractivity (Wildman–Crippen MR) is 69.5 cm³/mol. The third-order valence-electron chi connectivity index (χ3n) is 3.70. The summed E-state index contributed by atoms with van der Waals surface area (Å²) in [5.41, 5.74) is 1.08. The Morgan fingerprint density at radius 1 is 1.41 bits per heavy atom. The zero-order valence-electron chi connectivity index (χ0n) is 10.6. The van der Waals surface area contributed by atoms with Crippen LogP contribution in [-0.2, 0) is 6.42 Å². The molecular formula is C15H22FN. The van der Waals surface area contributed by atoms with Gasteiger partial charge in [-0.25, -0.2) is 4.39 Å². The van der Waals surface area contributed by atoms with Gasteiger partial charge in [0, 0.05) is 6.04 Å². The van der Waals surface area contributed by atoms with Crippen molar-refractivity contribution in [2.24, 2.45) is 5.92 Å². The maximum atomic E-state index is 13.0. The first-order valence-corrected chi connectivity index (χ1v) is 6.72. The number of rotatable bonds is 6. The standard InChI is InChI=1S/C15H22FN/c1-12(17-9-8-13-4-2-5-13)10-14-6-3-7-15(16)11-14/h3,6-7,11-13,17H,2,4-5,8-10H2,1H3. The van der Waals surface area contributed by atoms with Crippen molar-refractivity contribution in [3.63, 3.8) is 0 Å². The molecule has 1 aromatic carbocycles. The van der Waals surface area contributed by atoms with E-state index in [0.29, 0.717) is 6.04 Å². The fraction of sp³-hybridized carbons (Fsp3) is 0.600. The van der Waals surface area contributed by atoms with E-state index in [2.05, 4.69) is 12.2 Å². The smallest absolute Gasteiger partial charge is 0.123 e. The van der Waals surface area contributed by atoms with Gasteiger partial charge in [0.05, 0.1) is 0 Å². The minimum Gasteiger partial charge on any atom is -0.314 e. The van der Waals surface area contributed by atoms with Gasteiger partial charge in [0.25, 0.3) is 0 Å². The Balaban J connectivity index is 1.67. The lowest BCUT2D eigenvalue weighted by molar-refractivity contribution is 0.288. The first-order chi connectivity index (χ1) is 8.24. The maximum absolute atomic E-state index is 13.0. The van der Waals surface area contributed by atoms with E-state index in [0.717, 1.165) is 24.4 Å². The van der Waals surface area contributed by atoms with Gasteiger partial charge >= 0.3 is 0 Å². The average Bonchev–Trinajstić information content (AvgIpc) is 2.22. The topological polar surface area (TPSA) is 12.0 Å². The van der Waals surface area contributed by atoms with Crippen molar-refractivity contribution in [2.75, 3.05) is 6.54 Å². The van der Waals surface area contributed by atoms with Crippen LogP contribution in [0.2, 0.25) is 0 Å². The molecule has 94 valence electrons. The van der Waals surface area contributed by atoms with Crippen molar-refractivity contribution < 1.29 is 4.39 Å². The highest BCUT2D eigenvalue weighted by molar-refractivity contribution is 5.17. The Kier molecular flexibility index (Phi) is 4.55. The molecule has 1 saturated carbocycles. The van der Waals surface area contributed by atoms with Crippen molar-refractivity contribution in [1.82, 2.24) is 5.32 Å². The van der Waals surface area contributed by atoms with E-state index in [-0.39, 0.29) is 5.82 Å². The zero-order chi connectivity index (χ0) is 12.1. The van der Waals surface area contributed by atoms with E-state index in [1.807, 2.05) is 6.07 Å². The van der Waals surface area contributed by atoms with Gasteiger partial charge in [-0.1, -0.05) is 31.4 Å². The van der Waals surface area contributed by atoms with Crippen molar-refractivity contribution in [3.05, 3.63) is 35.6 Å². The second-order valence-corrected chi connectivity index (χ2v) is 5.27. The Morgan fingerprint density at radius 2 is 2.24 bits per heavy atom. The molecule has 1 aliphatic carbocycles. The maximum Gasteiger partial charge on any atom is 0.123 e. The van der Waals surface area contributed by atoms with Gasteiger partial charge in [-0.05, 0) is 49.9 Å². The molecule has 0 aromatic heterocycles. The highest BCUT2D eigenvalue weighted by Crippen LogP contribution is 2.28. The fourth-order valence-electron chi connectivity index (χ4n) is 2.40. The fourth-order valence-corrected chi connectivity index (χ4v) is 2.40. The summed E-state index contributed by atoms with van der Waals surface area (Å²) >= 11 is 0.